The van der Waals surface area contributed by atoms with E-state index in [4.69, 9.17) is 5.73 Å². The Hall–Kier alpha value is -1.60. The molecule has 0 amide bonds. The van der Waals surface area contributed by atoms with E-state index in [1.807, 2.05) is 12.1 Å². The first kappa shape index (κ1) is 14.8. The molecule has 20 heavy (non-hydrogen) atoms. The molecule has 2 N–H and O–H groups in total. The highest BCUT2D eigenvalue weighted by atomic mass is 14.7. The molecular weight excluding hydrogens is 242 g/mol. The molecule has 0 saturated heterocycles. The van der Waals surface area contributed by atoms with Gasteiger partial charge in [0.05, 0.1) is 0 Å². The van der Waals surface area contributed by atoms with Crippen LogP contribution in [0.3, 0.4) is 0 Å². The summed E-state index contributed by atoms with van der Waals surface area (Å²) in [4.78, 5) is 0. The second-order valence-electron chi connectivity index (χ2n) is 6.65. The fraction of sp³-hybridized carbons (Fsp3) is 0.368. The molecule has 0 aliphatic heterocycles. The lowest BCUT2D eigenvalue weighted by atomic mass is 9.64. The lowest BCUT2D eigenvalue weighted by Crippen LogP contribution is -2.53. The smallest absolute Gasteiger partial charge is 0.0224 e. The molecule has 0 aliphatic carbocycles. The van der Waals surface area contributed by atoms with Crippen molar-refractivity contribution in [3.63, 3.8) is 0 Å². The second kappa shape index (κ2) is 5.41. The predicted octanol–water partition coefficient (Wildman–Crippen LogP) is 4.27. The van der Waals surface area contributed by atoms with Gasteiger partial charge in [-0.3, -0.25) is 0 Å². The van der Waals surface area contributed by atoms with Gasteiger partial charge in [0.15, 0.2) is 0 Å². The summed E-state index contributed by atoms with van der Waals surface area (Å²) in [6.45, 7) is 8.94. The van der Waals surface area contributed by atoms with Crippen molar-refractivity contribution in [3.8, 4) is 0 Å². The highest BCUT2D eigenvalue weighted by molar-refractivity contribution is 5.33. The first-order chi connectivity index (χ1) is 9.37. The molecule has 0 heterocycles. The minimum atomic E-state index is -0.0827. The van der Waals surface area contributed by atoms with Crippen molar-refractivity contribution >= 4 is 0 Å². The molecule has 2 aromatic carbocycles. The Morgan fingerprint density at radius 3 is 1.25 bits per heavy atom. The number of hydrogen-bond donors (Lipinski definition) is 1. The third-order valence-electron chi connectivity index (χ3n) is 4.59. The van der Waals surface area contributed by atoms with Crippen molar-refractivity contribution in [3.05, 3.63) is 71.8 Å². The second-order valence-corrected chi connectivity index (χ2v) is 6.65. The van der Waals surface area contributed by atoms with Crippen LogP contribution in [-0.4, -0.2) is 6.04 Å². The van der Waals surface area contributed by atoms with Crippen molar-refractivity contribution in [1.82, 2.24) is 0 Å². The third kappa shape index (κ3) is 2.64. The third-order valence-corrected chi connectivity index (χ3v) is 4.59. The maximum atomic E-state index is 6.69. The number of rotatable bonds is 4. The van der Waals surface area contributed by atoms with E-state index in [1.165, 1.54) is 11.1 Å². The van der Waals surface area contributed by atoms with Crippen LogP contribution in [0.4, 0.5) is 0 Å². The van der Waals surface area contributed by atoms with Crippen molar-refractivity contribution in [2.24, 2.45) is 5.73 Å². The van der Waals surface area contributed by atoms with E-state index >= 15 is 0 Å². The molecule has 2 aromatic rings. The van der Waals surface area contributed by atoms with E-state index in [2.05, 4.69) is 76.2 Å². The van der Waals surface area contributed by atoms with Gasteiger partial charge < -0.3 is 5.73 Å². The van der Waals surface area contributed by atoms with Crippen LogP contribution in [0.15, 0.2) is 60.7 Å². The van der Waals surface area contributed by atoms with Gasteiger partial charge in [-0.1, -0.05) is 88.4 Å². The predicted molar refractivity (Wildman–Crippen MR) is 86.9 cm³/mol. The zero-order valence-electron chi connectivity index (χ0n) is 12.9. The molecule has 0 bridgehead atoms. The van der Waals surface area contributed by atoms with E-state index in [9.17, 15) is 0 Å². The lowest BCUT2D eigenvalue weighted by Gasteiger charge is -2.43. The fourth-order valence-electron chi connectivity index (χ4n) is 3.00. The van der Waals surface area contributed by atoms with E-state index in [0.29, 0.717) is 0 Å². The Kier molecular flexibility index (Phi) is 4.01. The molecule has 1 nitrogen and oxygen atoms in total. The van der Waals surface area contributed by atoms with Gasteiger partial charge >= 0.3 is 0 Å². The van der Waals surface area contributed by atoms with Gasteiger partial charge in [-0.15, -0.1) is 0 Å². The first-order valence-electron chi connectivity index (χ1n) is 7.23. The molecule has 0 aliphatic rings. The van der Waals surface area contributed by atoms with Crippen LogP contribution in [0.5, 0.6) is 0 Å². The van der Waals surface area contributed by atoms with Crippen LogP contribution in [0.25, 0.3) is 0 Å². The van der Waals surface area contributed by atoms with E-state index in [-0.39, 0.29) is 16.9 Å². The molecular formula is C19H25N. The van der Waals surface area contributed by atoms with E-state index < -0.39 is 0 Å². The standard InChI is InChI=1S/C19H25N/c1-18(2,15-11-7-5-8-12-15)17(20)19(3,4)16-13-9-6-10-14-16/h5-14,17H,20H2,1-4H3. The summed E-state index contributed by atoms with van der Waals surface area (Å²) in [6, 6.07) is 21.1. The van der Waals surface area contributed by atoms with Crippen LogP contribution < -0.4 is 5.73 Å². The van der Waals surface area contributed by atoms with E-state index in [1.54, 1.807) is 0 Å². The van der Waals surface area contributed by atoms with Gasteiger partial charge in [0.25, 0.3) is 0 Å². The highest BCUT2D eigenvalue weighted by Crippen LogP contribution is 2.37. The maximum Gasteiger partial charge on any atom is 0.0224 e. The van der Waals surface area contributed by atoms with E-state index in [0.717, 1.165) is 0 Å². The highest BCUT2D eigenvalue weighted by Gasteiger charge is 2.39. The molecule has 0 spiro atoms. The summed E-state index contributed by atoms with van der Waals surface area (Å²) >= 11 is 0. The van der Waals surface area contributed by atoms with Crippen molar-refractivity contribution < 1.29 is 0 Å². The van der Waals surface area contributed by atoms with Crippen LogP contribution in [0.1, 0.15) is 38.8 Å². The summed E-state index contributed by atoms with van der Waals surface area (Å²) in [5.41, 5.74) is 9.10. The van der Waals surface area contributed by atoms with Gasteiger partial charge in [-0.05, 0) is 11.1 Å². The van der Waals surface area contributed by atoms with Crippen LogP contribution >= 0.6 is 0 Å². The quantitative estimate of drug-likeness (QED) is 0.879. The summed E-state index contributed by atoms with van der Waals surface area (Å²) in [7, 11) is 0. The molecule has 0 atom stereocenters. The van der Waals surface area contributed by atoms with Crippen LogP contribution in [-0.2, 0) is 10.8 Å². The summed E-state index contributed by atoms with van der Waals surface area (Å²) in [5.74, 6) is 0. The lowest BCUT2D eigenvalue weighted by molar-refractivity contribution is 0.284. The Morgan fingerprint density at radius 1 is 0.650 bits per heavy atom. The number of benzene rings is 2. The average molecular weight is 267 g/mol. The zero-order valence-corrected chi connectivity index (χ0v) is 12.9. The van der Waals surface area contributed by atoms with Gasteiger partial charge in [0.1, 0.15) is 0 Å². The number of hydrogen-bond acceptors (Lipinski definition) is 1. The molecule has 0 saturated carbocycles. The van der Waals surface area contributed by atoms with Crippen molar-refractivity contribution in [2.45, 2.75) is 44.6 Å². The minimum Gasteiger partial charge on any atom is -0.326 e. The molecule has 0 unspecified atom stereocenters. The van der Waals surface area contributed by atoms with Crippen molar-refractivity contribution in [2.75, 3.05) is 0 Å². The van der Waals surface area contributed by atoms with Crippen molar-refractivity contribution in [1.29, 1.82) is 0 Å². The maximum absolute atomic E-state index is 6.69. The summed E-state index contributed by atoms with van der Waals surface area (Å²) in [6.07, 6.45) is 0. The molecule has 1 heteroatoms. The molecule has 0 radical (unpaired) electrons. The Bertz CT molecular complexity index is 489. The summed E-state index contributed by atoms with van der Waals surface area (Å²) < 4.78 is 0. The zero-order chi connectivity index (χ0) is 14.8. The van der Waals surface area contributed by atoms with Gasteiger partial charge in [0.2, 0.25) is 0 Å². The summed E-state index contributed by atoms with van der Waals surface area (Å²) in [5, 5.41) is 0. The average Bonchev–Trinajstić information content (AvgIpc) is 2.48. The Labute approximate surface area is 122 Å². The van der Waals surface area contributed by atoms with Gasteiger partial charge in [-0.2, -0.15) is 0 Å². The van der Waals surface area contributed by atoms with Gasteiger partial charge in [0, 0.05) is 16.9 Å². The number of nitrogens with two attached hydrogens (primary N) is 1. The molecule has 106 valence electrons. The van der Waals surface area contributed by atoms with Crippen LogP contribution in [0, 0.1) is 0 Å². The SMILES string of the molecule is CC(C)(c1ccccc1)C(N)C(C)(C)c1ccccc1. The Balaban J connectivity index is 2.37. The van der Waals surface area contributed by atoms with Crippen LogP contribution in [0.2, 0.25) is 0 Å². The molecule has 2 rings (SSSR count). The monoisotopic (exact) mass is 267 g/mol. The van der Waals surface area contributed by atoms with Gasteiger partial charge in [-0.25, -0.2) is 0 Å². The normalized spacial score (nSPS) is 12.7. The largest absolute Gasteiger partial charge is 0.326 e. The Morgan fingerprint density at radius 2 is 0.950 bits per heavy atom. The fourth-order valence-corrected chi connectivity index (χ4v) is 3.00. The molecule has 0 aromatic heterocycles. The first-order valence-corrected chi connectivity index (χ1v) is 7.23. The molecule has 0 fully saturated rings. The minimum absolute atomic E-state index is 0.0276. The topological polar surface area (TPSA) is 26.0 Å².